The van der Waals surface area contributed by atoms with Gasteiger partial charge in [0.05, 0.1) is 13.2 Å². The van der Waals surface area contributed by atoms with E-state index in [4.69, 9.17) is 14.2 Å². The summed E-state index contributed by atoms with van der Waals surface area (Å²) in [5, 5.41) is 6.60. The van der Waals surface area contributed by atoms with Gasteiger partial charge in [-0.3, -0.25) is 4.99 Å². The second kappa shape index (κ2) is 10.3. The Bertz CT molecular complexity index is 722. The number of hydrogen-bond donors (Lipinski definition) is 2. The van der Waals surface area contributed by atoms with Gasteiger partial charge in [0.1, 0.15) is 18.5 Å². The van der Waals surface area contributed by atoms with Gasteiger partial charge in [0, 0.05) is 13.6 Å². The Hall–Kier alpha value is -2.89. The molecule has 0 fully saturated rings. The lowest BCUT2D eigenvalue weighted by molar-refractivity contribution is 0.0936. The average Bonchev–Trinajstić information content (AvgIpc) is 2.73. The van der Waals surface area contributed by atoms with Gasteiger partial charge in [-0.1, -0.05) is 30.3 Å². The van der Waals surface area contributed by atoms with Crippen molar-refractivity contribution >= 4 is 5.96 Å². The van der Waals surface area contributed by atoms with Gasteiger partial charge in [0.15, 0.2) is 17.5 Å². The van der Waals surface area contributed by atoms with Crippen LogP contribution in [0.25, 0.3) is 0 Å². The highest BCUT2D eigenvalue weighted by molar-refractivity contribution is 5.79. The lowest BCUT2D eigenvalue weighted by Gasteiger charge is -2.27. The highest BCUT2D eigenvalue weighted by atomic mass is 16.6. The van der Waals surface area contributed by atoms with Crippen LogP contribution >= 0.6 is 0 Å². The second-order valence-corrected chi connectivity index (χ2v) is 6.25. The number of aliphatic imine (C=N–C) groups is 1. The zero-order chi connectivity index (χ0) is 18.7. The minimum atomic E-state index is -0.0438. The fraction of sp³-hybridized carbons (Fsp3) is 0.381. The van der Waals surface area contributed by atoms with E-state index in [1.807, 2.05) is 54.6 Å². The van der Waals surface area contributed by atoms with Gasteiger partial charge < -0.3 is 24.8 Å². The smallest absolute Gasteiger partial charge is 0.191 e. The summed E-state index contributed by atoms with van der Waals surface area (Å²) in [5.41, 5.74) is 0. The third kappa shape index (κ3) is 6.09. The number of rotatable bonds is 8. The van der Waals surface area contributed by atoms with Gasteiger partial charge in [-0.2, -0.15) is 0 Å². The molecule has 1 aliphatic heterocycles. The first-order valence-corrected chi connectivity index (χ1v) is 9.36. The van der Waals surface area contributed by atoms with E-state index in [0.717, 1.165) is 42.6 Å². The number of para-hydroxylation sites is 3. The van der Waals surface area contributed by atoms with Crippen molar-refractivity contribution in [2.75, 3.05) is 33.4 Å². The molecule has 3 rings (SSSR count). The Morgan fingerprint density at radius 1 is 1.04 bits per heavy atom. The Balaban J connectivity index is 1.28. The minimum Gasteiger partial charge on any atom is -0.494 e. The maximum atomic E-state index is 5.94. The fourth-order valence-corrected chi connectivity index (χ4v) is 2.74. The number of nitrogens with zero attached hydrogens (tertiary/aromatic N) is 1. The predicted octanol–water partition coefficient (Wildman–Crippen LogP) is 2.85. The highest BCUT2D eigenvalue weighted by Gasteiger charge is 2.20. The molecule has 0 spiro atoms. The van der Waals surface area contributed by atoms with Crippen LogP contribution < -0.4 is 24.8 Å². The Morgan fingerprint density at radius 2 is 1.81 bits per heavy atom. The molecule has 6 heteroatoms. The van der Waals surface area contributed by atoms with E-state index in [1.54, 1.807) is 7.05 Å². The molecule has 2 N–H and O–H groups in total. The number of nitrogens with one attached hydrogen (secondary N) is 2. The molecule has 2 aromatic rings. The number of unbranched alkanes of at least 4 members (excludes halogenated alkanes) is 1. The molecule has 144 valence electrons. The molecule has 1 atom stereocenters. The number of fused-ring (bicyclic) bond motifs is 1. The summed E-state index contributed by atoms with van der Waals surface area (Å²) >= 11 is 0. The highest BCUT2D eigenvalue weighted by Crippen LogP contribution is 2.30. The summed E-state index contributed by atoms with van der Waals surface area (Å²) in [6.07, 6.45) is 1.94. The molecule has 1 aliphatic rings. The van der Waals surface area contributed by atoms with Crippen LogP contribution in [0.2, 0.25) is 0 Å². The average molecular weight is 369 g/mol. The predicted molar refractivity (Wildman–Crippen MR) is 107 cm³/mol. The number of guanidine groups is 1. The first kappa shape index (κ1) is 18.9. The maximum Gasteiger partial charge on any atom is 0.191 e. The van der Waals surface area contributed by atoms with Gasteiger partial charge >= 0.3 is 0 Å². The molecule has 0 saturated carbocycles. The van der Waals surface area contributed by atoms with E-state index >= 15 is 0 Å². The monoisotopic (exact) mass is 369 g/mol. The van der Waals surface area contributed by atoms with Crippen molar-refractivity contribution in [2.45, 2.75) is 18.9 Å². The quantitative estimate of drug-likeness (QED) is 0.426. The normalized spacial score (nSPS) is 15.9. The van der Waals surface area contributed by atoms with Crippen molar-refractivity contribution in [2.24, 2.45) is 4.99 Å². The second-order valence-electron chi connectivity index (χ2n) is 6.25. The lowest BCUT2D eigenvalue weighted by Crippen LogP contribution is -2.45. The molecular formula is C21H27N3O3. The van der Waals surface area contributed by atoms with Crippen molar-refractivity contribution in [1.29, 1.82) is 0 Å². The van der Waals surface area contributed by atoms with Gasteiger partial charge in [-0.25, -0.2) is 0 Å². The molecule has 0 bridgehead atoms. The van der Waals surface area contributed by atoms with Gasteiger partial charge in [0.2, 0.25) is 0 Å². The van der Waals surface area contributed by atoms with E-state index in [0.29, 0.717) is 19.8 Å². The van der Waals surface area contributed by atoms with Gasteiger partial charge in [-0.05, 0) is 37.1 Å². The Morgan fingerprint density at radius 3 is 2.63 bits per heavy atom. The Labute approximate surface area is 160 Å². The molecule has 0 radical (unpaired) electrons. The van der Waals surface area contributed by atoms with Crippen LogP contribution in [0.4, 0.5) is 0 Å². The van der Waals surface area contributed by atoms with E-state index in [1.165, 1.54) is 0 Å². The molecule has 0 amide bonds. The zero-order valence-electron chi connectivity index (χ0n) is 15.7. The van der Waals surface area contributed by atoms with Crippen molar-refractivity contribution < 1.29 is 14.2 Å². The molecule has 2 aromatic carbocycles. The zero-order valence-corrected chi connectivity index (χ0v) is 15.7. The summed E-state index contributed by atoms with van der Waals surface area (Å²) in [4.78, 5) is 4.25. The standard InChI is InChI=1S/C21H27N3O3/c1-22-21(23-13-7-8-14-25-17-9-3-2-4-10-17)24-15-18-16-26-19-11-5-6-12-20(19)27-18/h2-6,9-12,18H,7-8,13-16H2,1H3,(H2,22,23,24). The van der Waals surface area contributed by atoms with Gasteiger partial charge in [0.25, 0.3) is 0 Å². The van der Waals surface area contributed by atoms with Crippen molar-refractivity contribution in [1.82, 2.24) is 10.6 Å². The molecular weight excluding hydrogens is 342 g/mol. The number of ether oxygens (including phenoxy) is 3. The SMILES string of the molecule is CN=C(NCCCCOc1ccccc1)NCC1COc2ccccc2O1. The number of hydrogen-bond acceptors (Lipinski definition) is 4. The fourth-order valence-electron chi connectivity index (χ4n) is 2.74. The first-order chi connectivity index (χ1) is 13.3. The van der Waals surface area contributed by atoms with Crippen LogP contribution in [0.3, 0.4) is 0 Å². The van der Waals surface area contributed by atoms with Crippen molar-refractivity contribution in [3.63, 3.8) is 0 Å². The van der Waals surface area contributed by atoms with Crippen LogP contribution in [-0.2, 0) is 0 Å². The van der Waals surface area contributed by atoms with Crippen LogP contribution in [-0.4, -0.2) is 45.4 Å². The van der Waals surface area contributed by atoms with Crippen LogP contribution in [0.15, 0.2) is 59.6 Å². The molecule has 1 unspecified atom stereocenters. The maximum absolute atomic E-state index is 5.94. The molecule has 0 aromatic heterocycles. The summed E-state index contributed by atoms with van der Waals surface area (Å²) in [6, 6.07) is 17.6. The summed E-state index contributed by atoms with van der Waals surface area (Å²) in [6.45, 7) is 2.70. The third-order valence-corrected chi connectivity index (χ3v) is 4.16. The third-order valence-electron chi connectivity index (χ3n) is 4.16. The summed E-state index contributed by atoms with van der Waals surface area (Å²) in [7, 11) is 1.77. The van der Waals surface area contributed by atoms with Crippen LogP contribution in [0, 0.1) is 0 Å². The van der Waals surface area contributed by atoms with Crippen molar-refractivity contribution in [3.05, 3.63) is 54.6 Å². The Kier molecular flexibility index (Phi) is 7.21. The van der Waals surface area contributed by atoms with E-state index in [9.17, 15) is 0 Å². The van der Waals surface area contributed by atoms with Crippen molar-refractivity contribution in [3.8, 4) is 17.2 Å². The molecule has 0 saturated heterocycles. The first-order valence-electron chi connectivity index (χ1n) is 9.36. The van der Waals surface area contributed by atoms with E-state index < -0.39 is 0 Å². The molecule has 0 aliphatic carbocycles. The van der Waals surface area contributed by atoms with Crippen LogP contribution in [0.5, 0.6) is 17.2 Å². The van der Waals surface area contributed by atoms with Gasteiger partial charge in [-0.15, -0.1) is 0 Å². The lowest BCUT2D eigenvalue weighted by atomic mass is 10.2. The molecule has 6 nitrogen and oxygen atoms in total. The van der Waals surface area contributed by atoms with E-state index in [-0.39, 0.29) is 6.10 Å². The summed E-state index contributed by atoms with van der Waals surface area (Å²) < 4.78 is 17.4. The van der Waals surface area contributed by atoms with E-state index in [2.05, 4.69) is 15.6 Å². The minimum absolute atomic E-state index is 0.0438. The summed E-state index contributed by atoms with van der Waals surface area (Å²) in [5.74, 6) is 3.27. The topological polar surface area (TPSA) is 64.1 Å². The van der Waals surface area contributed by atoms with Crippen LogP contribution in [0.1, 0.15) is 12.8 Å². The molecule has 27 heavy (non-hydrogen) atoms. The largest absolute Gasteiger partial charge is 0.494 e. The number of benzene rings is 2. The molecule has 1 heterocycles.